The van der Waals surface area contributed by atoms with Crippen molar-refractivity contribution in [3.05, 3.63) is 29.6 Å². The van der Waals surface area contributed by atoms with E-state index in [0.717, 1.165) is 13.0 Å². The SMILES string of the molecule is CCCNC(c1cncc(C)c1)C(C)(C)OC. The van der Waals surface area contributed by atoms with Gasteiger partial charge < -0.3 is 10.1 Å². The van der Waals surface area contributed by atoms with E-state index < -0.39 is 0 Å². The van der Waals surface area contributed by atoms with Crippen LogP contribution in [0.2, 0.25) is 0 Å². The van der Waals surface area contributed by atoms with Gasteiger partial charge in [0.25, 0.3) is 0 Å². The molecule has 0 aliphatic rings. The lowest BCUT2D eigenvalue weighted by Gasteiger charge is -2.34. The summed E-state index contributed by atoms with van der Waals surface area (Å²) in [7, 11) is 1.75. The molecule has 0 spiro atoms. The second kappa shape index (κ2) is 6.12. The van der Waals surface area contributed by atoms with Crippen molar-refractivity contribution in [3.8, 4) is 0 Å². The molecule has 17 heavy (non-hydrogen) atoms. The molecule has 1 rings (SSSR count). The molecule has 0 aromatic carbocycles. The molecule has 0 amide bonds. The van der Waals surface area contributed by atoms with Crippen LogP contribution in [0.25, 0.3) is 0 Å². The maximum Gasteiger partial charge on any atom is 0.0817 e. The molecule has 0 aliphatic heterocycles. The van der Waals surface area contributed by atoms with Gasteiger partial charge in [-0.2, -0.15) is 0 Å². The number of aromatic nitrogens is 1. The highest BCUT2D eigenvalue weighted by Gasteiger charge is 2.30. The predicted octanol–water partition coefficient (Wildman–Crippen LogP) is 2.86. The van der Waals surface area contributed by atoms with Crippen LogP contribution in [0.5, 0.6) is 0 Å². The highest BCUT2D eigenvalue weighted by molar-refractivity contribution is 5.22. The van der Waals surface area contributed by atoms with Gasteiger partial charge in [-0.1, -0.05) is 13.0 Å². The summed E-state index contributed by atoms with van der Waals surface area (Å²) in [6.45, 7) is 9.41. The number of methoxy groups -OCH3 is 1. The number of aryl methyl sites for hydroxylation is 1. The zero-order valence-corrected chi connectivity index (χ0v) is 11.6. The molecule has 1 atom stereocenters. The zero-order chi connectivity index (χ0) is 12.9. The van der Waals surface area contributed by atoms with Crippen LogP contribution in [0.1, 0.15) is 44.4 Å². The van der Waals surface area contributed by atoms with Gasteiger partial charge in [0.1, 0.15) is 0 Å². The smallest absolute Gasteiger partial charge is 0.0817 e. The Morgan fingerprint density at radius 3 is 2.65 bits per heavy atom. The van der Waals surface area contributed by atoms with E-state index in [0.29, 0.717) is 0 Å². The fourth-order valence-corrected chi connectivity index (χ4v) is 1.91. The molecule has 3 heteroatoms. The van der Waals surface area contributed by atoms with Crippen molar-refractivity contribution in [1.29, 1.82) is 0 Å². The van der Waals surface area contributed by atoms with Crippen LogP contribution in [-0.4, -0.2) is 24.2 Å². The molecule has 96 valence electrons. The molecular weight excluding hydrogens is 212 g/mol. The summed E-state index contributed by atoms with van der Waals surface area (Å²) in [6.07, 6.45) is 4.90. The lowest BCUT2D eigenvalue weighted by atomic mass is 9.92. The Morgan fingerprint density at radius 2 is 2.12 bits per heavy atom. The largest absolute Gasteiger partial charge is 0.377 e. The number of nitrogens with zero attached hydrogens (tertiary/aromatic N) is 1. The second-order valence-electron chi connectivity index (χ2n) is 4.99. The van der Waals surface area contributed by atoms with Crippen molar-refractivity contribution in [2.45, 2.75) is 45.8 Å². The molecule has 1 unspecified atom stereocenters. The average molecular weight is 236 g/mol. The Bertz CT molecular complexity index is 350. The van der Waals surface area contributed by atoms with Gasteiger partial charge in [0, 0.05) is 19.5 Å². The number of nitrogens with one attached hydrogen (secondary N) is 1. The minimum Gasteiger partial charge on any atom is -0.377 e. The highest BCUT2D eigenvalue weighted by atomic mass is 16.5. The Kier molecular flexibility index (Phi) is 5.09. The van der Waals surface area contributed by atoms with Gasteiger partial charge >= 0.3 is 0 Å². The minimum atomic E-state index is -0.245. The van der Waals surface area contributed by atoms with E-state index in [2.05, 4.69) is 44.1 Å². The van der Waals surface area contributed by atoms with E-state index >= 15 is 0 Å². The first-order valence-corrected chi connectivity index (χ1v) is 6.21. The standard InChI is InChI=1S/C14H24N2O/c1-6-7-16-13(14(3,4)17-5)12-8-11(2)9-15-10-12/h8-10,13,16H,6-7H2,1-5H3. The van der Waals surface area contributed by atoms with Crippen molar-refractivity contribution in [2.24, 2.45) is 0 Å². The number of pyridine rings is 1. The molecule has 0 radical (unpaired) electrons. The second-order valence-corrected chi connectivity index (χ2v) is 4.99. The van der Waals surface area contributed by atoms with Crippen LogP contribution in [0, 0.1) is 6.92 Å². The Labute approximate surface area is 105 Å². The third-order valence-electron chi connectivity index (χ3n) is 3.05. The van der Waals surface area contributed by atoms with E-state index in [4.69, 9.17) is 4.74 Å². The van der Waals surface area contributed by atoms with Crippen molar-refractivity contribution < 1.29 is 4.74 Å². The van der Waals surface area contributed by atoms with Crippen LogP contribution >= 0.6 is 0 Å². The fraction of sp³-hybridized carbons (Fsp3) is 0.643. The molecule has 1 aromatic heterocycles. The van der Waals surface area contributed by atoms with Crippen molar-refractivity contribution >= 4 is 0 Å². The first-order valence-electron chi connectivity index (χ1n) is 6.21. The average Bonchev–Trinajstić information content (AvgIpc) is 2.29. The summed E-state index contributed by atoms with van der Waals surface area (Å²) in [5, 5.41) is 3.54. The lowest BCUT2D eigenvalue weighted by Crippen LogP contribution is -2.41. The van der Waals surface area contributed by atoms with Crippen molar-refractivity contribution in [2.75, 3.05) is 13.7 Å². The fourth-order valence-electron chi connectivity index (χ4n) is 1.91. The van der Waals surface area contributed by atoms with Crippen LogP contribution in [0.3, 0.4) is 0 Å². The maximum atomic E-state index is 5.60. The van der Waals surface area contributed by atoms with Gasteiger partial charge in [0.05, 0.1) is 11.6 Å². The maximum absolute atomic E-state index is 5.60. The van der Waals surface area contributed by atoms with Gasteiger partial charge in [-0.3, -0.25) is 4.98 Å². The summed E-state index contributed by atoms with van der Waals surface area (Å²) in [6, 6.07) is 2.33. The van der Waals surface area contributed by atoms with Crippen LogP contribution in [0.4, 0.5) is 0 Å². The van der Waals surface area contributed by atoms with E-state index in [9.17, 15) is 0 Å². The summed E-state index contributed by atoms with van der Waals surface area (Å²) in [4.78, 5) is 4.27. The summed E-state index contributed by atoms with van der Waals surface area (Å²) < 4.78 is 5.60. The minimum absolute atomic E-state index is 0.167. The Balaban J connectivity index is 2.97. The van der Waals surface area contributed by atoms with Gasteiger partial charge in [0.2, 0.25) is 0 Å². The molecule has 1 N–H and O–H groups in total. The summed E-state index contributed by atoms with van der Waals surface area (Å²) in [5.74, 6) is 0. The molecule has 0 saturated carbocycles. The molecular formula is C14H24N2O. The first kappa shape index (κ1) is 14.1. The summed E-state index contributed by atoms with van der Waals surface area (Å²) >= 11 is 0. The topological polar surface area (TPSA) is 34.2 Å². The number of ether oxygens (including phenoxy) is 1. The first-order chi connectivity index (χ1) is 8.01. The van der Waals surface area contributed by atoms with E-state index in [-0.39, 0.29) is 11.6 Å². The van der Waals surface area contributed by atoms with Crippen molar-refractivity contribution in [1.82, 2.24) is 10.3 Å². The van der Waals surface area contributed by atoms with Gasteiger partial charge in [0.15, 0.2) is 0 Å². The number of hydrogen-bond donors (Lipinski definition) is 1. The monoisotopic (exact) mass is 236 g/mol. The van der Waals surface area contributed by atoms with E-state index in [1.165, 1.54) is 11.1 Å². The van der Waals surface area contributed by atoms with E-state index in [1.54, 1.807) is 7.11 Å². The van der Waals surface area contributed by atoms with Crippen LogP contribution in [0.15, 0.2) is 18.5 Å². The zero-order valence-electron chi connectivity index (χ0n) is 11.6. The van der Waals surface area contributed by atoms with Crippen LogP contribution < -0.4 is 5.32 Å². The third-order valence-corrected chi connectivity index (χ3v) is 3.05. The van der Waals surface area contributed by atoms with Gasteiger partial charge in [-0.15, -0.1) is 0 Å². The molecule has 0 aliphatic carbocycles. The molecule has 0 saturated heterocycles. The predicted molar refractivity (Wildman–Crippen MR) is 71.1 cm³/mol. The number of hydrogen-bond acceptors (Lipinski definition) is 3. The van der Waals surface area contributed by atoms with Crippen molar-refractivity contribution in [3.63, 3.8) is 0 Å². The molecule has 1 heterocycles. The summed E-state index contributed by atoms with van der Waals surface area (Å²) in [5.41, 5.74) is 2.12. The third kappa shape index (κ3) is 3.79. The molecule has 1 aromatic rings. The lowest BCUT2D eigenvalue weighted by molar-refractivity contribution is -0.0111. The Hall–Kier alpha value is -0.930. The van der Waals surface area contributed by atoms with Gasteiger partial charge in [-0.05, 0) is 44.9 Å². The number of rotatable bonds is 6. The molecule has 3 nitrogen and oxygen atoms in total. The Morgan fingerprint density at radius 1 is 1.41 bits per heavy atom. The highest BCUT2D eigenvalue weighted by Crippen LogP contribution is 2.28. The quantitative estimate of drug-likeness (QED) is 0.824. The van der Waals surface area contributed by atoms with Crippen LogP contribution in [-0.2, 0) is 4.74 Å². The molecule has 0 bridgehead atoms. The normalized spacial score (nSPS) is 13.7. The van der Waals surface area contributed by atoms with Gasteiger partial charge in [-0.25, -0.2) is 0 Å². The molecule has 0 fully saturated rings. The van der Waals surface area contributed by atoms with E-state index in [1.807, 2.05) is 12.4 Å².